The lowest BCUT2D eigenvalue weighted by Crippen LogP contribution is -2.34. The van der Waals surface area contributed by atoms with Gasteiger partial charge in [-0.05, 0) is 37.0 Å². The molecule has 1 unspecified atom stereocenters. The lowest BCUT2D eigenvalue weighted by atomic mass is 10.0. The summed E-state index contributed by atoms with van der Waals surface area (Å²) >= 11 is 0. The molecule has 104 valence electrons. The molecule has 1 aliphatic heterocycles. The van der Waals surface area contributed by atoms with Crippen molar-refractivity contribution in [3.05, 3.63) is 30.1 Å². The Hall–Kier alpha value is -1.46. The van der Waals surface area contributed by atoms with Crippen molar-refractivity contribution in [3.63, 3.8) is 0 Å². The number of carbonyl (C=O) groups is 1. The predicted octanol–water partition coefficient (Wildman–Crippen LogP) is 1.78. The van der Waals surface area contributed by atoms with E-state index >= 15 is 0 Å². The van der Waals surface area contributed by atoms with E-state index in [1.807, 2.05) is 0 Å². The molecule has 1 heterocycles. The van der Waals surface area contributed by atoms with Gasteiger partial charge < -0.3 is 15.4 Å². The van der Waals surface area contributed by atoms with Gasteiger partial charge in [0.2, 0.25) is 5.91 Å². The van der Waals surface area contributed by atoms with Crippen LogP contribution in [-0.2, 0) is 9.53 Å². The van der Waals surface area contributed by atoms with Gasteiger partial charge in [0.1, 0.15) is 5.82 Å². The van der Waals surface area contributed by atoms with Gasteiger partial charge >= 0.3 is 0 Å². The maximum Gasteiger partial charge on any atom is 0.238 e. The van der Waals surface area contributed by atoms with E-state index in [1.165, 1.54) is 12.1 Å². The number of ether oxygens (including phenoxy) is 1. The summed E-state index contributed by atoms with van der Waals surface area (Å²) in [5.74, 6) is -0.0387. The second-order valence-electron chi connectivity index (χ2n) is 4.77. The second kappa shape index (κ2) is 7.21. The minimum absolute atomic E-state index is 0.165. The third-order valence-corrected chi connectivity index (χ3v) is 3.08. The standard InChI is InChI=1S/C14H19FN2O2/c15-12-4-1-5-13(7-12)17-14(18)9-16-8-11-3-2-6-19-10-11/h1,4-5,7,11,16H,2-3,6,8-10H2,(H,17,18). The Morgan fingerprint density at radius 2 is 2.37 bits per heavy atom. The highest BCUT2D eigenvalue weighted by Crippen LogP contribution is 2.12. The molecule has 19 heavy (non-hydrogen) atoms. The minimum Gasteiger partial charge on any atom is -0.381 e. The van der Waals surface area contributed by atoms with Crippen molar-refractivity contribution in [1.82, 2.24) is 5.32 Å². The minimum atomic E-state index is -0.356. The first-order valence-electron chi connectivity index (χ1n) is 6.58. The van der Waals surface area contributed by atoms with Crippen LogP contribution in [0.1, 0.15) is 12.8 Å². The third-order valence-electron chi connectivity index (χ3n) is 3.08. The molecule has 0 spiro atoms. The molecule has 5 heteroatoms. The van der Waals surface area contributed by atoms with Crippen molar-refractivity contribution in [1.29, 1.82) is 0 Å². The number of anilines is 1. The Morgan fingerprint density at radius 3 is 3.11 bits per heavy atom. The Bertz CT molecular complexity index is 420. The number of hydrogen-bond donors (Lipinski definition) is 2. The summed E-state index contributed by atoms with van der Waals surface area (Å²) in [5.41, 5.74) is 0.479. The van der Waals surface area contributed by atoms with Gasteiger partial charge in [-0.1, -0.05) is 6.07 Å². The molecule has 0 aliphatic carbocycles. The molecular formula is C14H19FN2O2. The Labute approximate surface area is 112 Å². The third kappa shape index (κ3) is 4.96. The molecule has 1 aliphatic rings. The van der Waals surface area contributed by atoms with Gasteiger partial charge in [0, 0.05) is 18.8 Å². The van der Waals surface area contributed by atoms with Gasteiger partial charge in [0.25, 0.3) is 0 Å². The molecule has 1 amide bonds. The van der Waals surface area contributed by atoms with Crippen LogP contribution >= 0.6 is 0 Å². The van der Waals surface area contributed by atoms with Crippen LogP contribution in [0.5, 0.6) is 0 Å². The maximum absolute atomic E-state index is 12.9. The van der Waals surface area contributed by atoms with E-state index in [-0.39, 0.29) is 18.3 Å². The summed E-state index contributed by atoms with van der Waals surface area (Å²) in [6.07, 6.45) is 2.22. The highest BCUT2D eigenvalue weighted by Gasteiger charge is 2.13. The van der Waals surface area contributed by atoms with E-state index in [0.29, 0.717) is 11.6 Å². The van der Waals surface area contributed by atoms with Crippen LogP contribution in [0, 0.1) is 11.7 Å². The molecule has 0 saturated carbocycles. The van der Waals surface area contributed by atoms with E-state index in [4.69, 9.17) is 4.74 Å². The van der Waals surface area contributed by atoms with Gasteiger partial charge in [-0.25, -0.2) is 4.39 Å². The van der Waals surface area contributed by atoms with Crippen molar-refractivity contribution < 1.29 is 13.9 Å². The first-order chi connectivity index (χ1) is 9.24. The number of amides is 1. The molecule has 4 nitrogen and oxygen atoms in total. The Balaban J connectivity index is 1.67. The number of carbonyl (C=O) groups excluding carboxylic acids is 1. The van der Waals surface area contributed by atoms with Crippen molar-refractivity contribution in [3.8, 4) is 0 Å². The van der Waals surface area contributed by atoms with Gasteiger partial charge in [0.05, 0.1) is 13.2 Å². The zero-order chi connectivity index (χ0) is 13.5. The van der Waals surface area contributed by atoms with Gasteiger partial charge in [0.15, 0.2) is 0 Å². The van der Waals surface area contributed by atoms with E-state index in [0.717, 1.165) is 32.6 Å². The van der Waals surface area contributed by atoms with Crippen LogP contribution in [-0.4, -0.2) is 32.2 Å². The van der Waals surface area contributed by atoms with E-state index in [2.05, 4.69) is 10.6 Å². The topological polar surface area (TPSA) is 50.4 Å². The van der Waals surface area contributed by atoms with Crippen molar-refractivity contribution in [2.75, 3.05) is 31.6 Å². The molecule has 2 rings (SSSR count). The normalized spacial score (nSPS) is 19.1. The molecule has 1 fully saturated rings. The quantitative estimate of drug-likeness (QED) is 0.854. The van der Waals surface area contributed by atoms with E-state index < -0.39 is 0 Å². The average Bonchev–Trinajstić information content (AvgIpc) is 2.40. The summed E-state index contributed by atoms with van der Waals surface area (Å²) in [4.78, 5) is 11.6. The van der Waals surface area contributed by atoms with E-state index in [1.54, 1.807) is 12.1 Å². The Morgan fingerprint density at radius 1 is 1.47 bits per heavy atom. The van der Waals surface area contributed by atoms with Crippen LogP contribution < -0.4 is 10.6 Å². The summed E-state index contributed by atoms with van der Waals surface area (Å²) in [6, 6.07) is 5.87. The molecule has 0 radical (unpaired) electrons. The first-order valence-corrected chi connectivity index (χ1v) is 6.58. The highest BCUT2D eigenvalue weighted by molar-refractivity contribution is 5.92. The van der Waals surface area contributed by atoms with Gasteiger partial charge in [-0.2, -0.15) is 0 Å². The first kappa shape index (κ1) is 14.0. The number of rotatable bonds is 5. The van der Waals surface area contributed by atoms with Crippen LogP contribution in [0.25, 0.3) is 0 Å². The maximum atomic E-state index is 12.9. The van der Waals surface area contributed by atoms with Crippen LogP contribution in [0.15, 0.2) is 24.3 Å². The molecule has 1 aromatic rings. The van der Waals surface area contributed by atoms with Gasteiger partial charge in [-0.15, -0.1) is 0 Å². The second-order valence-corrected chi connectivity index (χ2v) is 4.77. The number of nitrogens with one attached hydrogen (secondary N) is 2. The Kier molecular flexibility index (Phi) is 5.30. The molecule has 1 saturated heterocycles. The summed E-state index contributed by atoms with van der Waals surface area (Å²) in [7, 11) is 0. The predicted molar refractivity (Wildman–Crippen MR) is 71.4 cm³/mol. The zero-order valence-corrected chi connectivity index (χ0v) is 10.8. The van der Waals surface area contributed by atoms with Gasteiger partial charge in [-0.3, -0.25) is 4.79 Å². The van der Waals surface area contributed by atoms with Crippen LogP contribution in [0.4, 0.5) is 10.1 Å². The molecular weight excluding hydrogens is 247 g/mol. The summed E-state index contributed by atoms with van der Waals surface area (Å²) < 4.78 is 18.3. The molecule has 2 N–H and O–H groups in total. The van der Waals surface area contributed by atoms with E-state index in [9.17, 15) is 9.18 Å². The largest absolute Gasteiger partial charge is 0.381 e. The number of halogens is 1. The van der Waals surface area contributed by atoms with Crippen LogP contribution in [0.3, 0.4) is 0 Å². The SMILES string of the molecule is O=C(CNCC1CCCOC1)Nc1cccc(F)c1. The van der Waals surface area contributed by atoms with Crippen LogP contribution in [0.2, 0.25) is 0 Å². The summed E-state index contributed by atoms with van der Waals surface area (Å²) in [5, 5.41) is 5.75. The summed E-state index contributed by atoms with van der Waals surface area (Å²) in [6.45, 7) is 2.61. The lowest BCUT2D eigenvalue weighted by molar-refractivity contribution is -0.115. The molecule has 1 atom stereocenters. The molecule has 1 aromatic carbocycles. The van der Waals surface area contributed by atoms with Crippen molar-refractivity contribution in [2.24, 2.45) is 5.92 Å². The fourth-order valence-electron chi connectivity index (χ4n) is 2.13. The fraction of sp³-hybridized carbons (Fsp3) is 0.500. The average molecular weight is 266 g/mol. The smallest absolute Gasteiger partial charge is 0.238 e. The van der Waals surface area contributed by atoms with Crippen molar-refractivity contribution in [2.45, 2.75) is 12.8 Å². The zero-order valence-electron chi connectivity index (χ0n) is 10.8. The highest BCUT2D eigenvalue weighted by atomic mass is 19.1. The monoisotopic (exact) mass is 266 g/mol. The number of benzene rings is 1. The van der Waals surface area contributed by atoms with Crippen molar-refractivity contribution >= 4 is 11.6 Å². The number of hydrogen-bond acceptors (Lipinski definition) is 3. The molecule has 0 aromatic heterocycles. The fourth-order valence-corrected chi connectivity index (χ4v) is 2.13. The molecule has 0 bridgehead atoms. The lowest BCUT2D eigenvalue weighted by Gasteiger charge is -2.22.